The predicted octanol–water partition coefficient (Wildman–Crippen LogP) is 2.85. The maximum absolute atomic E-state index is 13.4. The van der Waals surface area contributed by atoms with Crippen molar-refractivity contribution in [2.75, 3.05) is 19.3 Å². The number of fused-ring (bicyclic) bond motifs is 1. The molecule has 5 N–H and O–H groups in total. The van der Waals surface area contributed by atoms with Gasteiger partial charge in [-0.15, -0.1) is 0 Å². The van der Waals surface area contributed by atoms with E-state index in [1.807, 2.05) is 0 Å². The third kappa shape index (κ3) is 5.86. The van der Waals surface area contributed by atoms with Crippen LogP contribution in [0.25, 0.3) is 10.8 Å². The monoisotopic (exact) mass is 592 g/mol. The number of ether oxygens (including phenoxy) is 1. The summed E-state index contributed by atoms with van der Waals surface area (Å²) in [5.74, 6) is -2.64. The minimum atomic E-state index is -3.60. The predicted molar refractivity (Wildman–Crippen MR) is 153 cm³/mol. The lowest BCUT2D eigenvalue weighted by Gasteiger charge is -2.21. The number of nitrogens with zero attached hydrogens (tertiary/aromatic N) is 1. The topological polar surface area (TPSA) is 174 Å². The van der Waals surface area contributed by atoms with Gasteiger partial charge in [-0.1, -0.05) is 30.3 Å². The Hall–Kier alpha value is -4.65. The Balaban J connectivity index is 1.35. The molecule has 42 heavy (non-hydrogen) atoms. The molecule has 0 radical (unpaired) electrons. The average Bonchev–Trinajstić information content (AvgIpc) is 3.35. The minimum absolute atomic E-state index is 0.00924. The second kappa shape index (κ2) is 11.3. The summed E-state index contributed by atoms with van der Waals surface area (Å²) in [7, 11) is -3.60. The first-order valence-electron chi connectivity index (χ1n) is 12.9. The van der Waals surface area contributed by atoms with Gasteiger partial charge in [-0.3, -0.25) is 9.59 Å². The van der Waals surface area contributed by atoms with Gasteiger partial charge in [-0.25, -0.2) is 8.42 Å². The Kier molecular flexibility index (Phi) is 7.78. The Labute approximate surface area is 241 Å². The van der Waals surface area contributed by atoms with E-state index in [9.17, 15) is 38.4 Å². The van der Waals surface area contributed by atoms with Crippen LogP contribution < -0.4 is 5.32 Å². The summed E-state index contributed by atoms with van der Waals surface area (Å²) in [6, 6.07) is 17.2. The van der Waals surface area contributed by atoms with Crippen LogP contribution in [0.4, 0.5) is 0 Å². The fourth-order valence-corrected chi connectivity index (χ4v) is 5.84. The first kappa shape index (κ1) is 28.9. The SMILES string of the molecule is CS(=O)(=O)N1CC(NC(=O)c2ccc(O)cc2)C(OCc2cc(O)c(C(=O)c3c(O)ccc4ccccc34)c(O)c2)C1. The number of ketones is 1. The van der Waals surface area contributed by atoms with Crippen LogP contribution in [-0.4, -0.2) is 76.3 Å². The van der Waals surface area contributed by atoms with Crippen molar-refractivity contribution in [2.45, 2.75) is 18.8 Å². The number of phenols is 4. The van der Waals surface area contributed by atoms with Crippen LogP contribution in [0.1, 0.15) is 31.8 Å². The molecule has 1 amide bonds. The summed E-state index contributed by atoms with van der Waals surface area (Å²) in [5, 5.41) is 45.3. The molecule has 1 saturated heterocycles. The van der Waals surface area contributed by atoms with Gasteiger partial charge in [0.25, 0.3) is 5.91 Å². The number of hydrogen-bond acceptors (Lipinski definition) is 9. The Bertz CT molecular complexity index is 1770. The zero-order valence-corrected chi connectivity index (χ0v) is 23.2. The van der Waals surface area contributed by atoms with E-state index in [1.165, 1.54) is 46.8 Å². The summed E-state index contributed by atoms with van der Waals surface area (Å²) >= 11 is 0. The highest BCUT2D eigenvalue weighted by atomic mass is 32.2. The van der Waals surface area contributed by atoms with Crippen LogP contribution >= 0.6 is 0 Å². The highest BCUT2D eigenvalue weighted by Crippen LogP contribution is 2.36. The van der Waals surface area contributed by atoms with Crippen molar-refractivity contribution in [1.82, 2.24) is 9.62 Å². The average molecular weight is 593 g/mol. The molecule has 2 atom stereocenters. The van der Waals surface area contributed by atoms with Crippen molar-refractivity contribution in [3.63, 3.8) is 0 Å². The van der Waals surface area contributed by atoms with Crippen LogP contribution in [0.15, 0.2) is 72.8 Å². The van der Waals surface area contributed by atoms with Crippen molar-refractivity contribution in [3.05, 3.63) is 95.1 Å². The molecule has 1 heterocycles. The van der Waals surface area contributed by atoms with E-state index >= 15 is 0 Å². The van der Waals surface area contributed by atoms with Crippen LogP contribution in [0.3, 0.4) is 0 Å². The van der Waals surface area contributed by atoms with Crippen molar-refractivity contribution in [3.8, 4) is 23.0 Å². The molecule has 0 saturated carbocycles. The Morgan fingerprint density at radius 1 is 0.881 bits per heavy atom. The number of rotatable bonds is 8. The van der Waals surface area contributed by atoms with Gasteiger partial charge in [0.2, 0.25) is 15.8 Å². The lowest BCUT2D eigenvalue weighted by atomic mass is 9.94. The molecular weight excluding hydrogens is 564 g/mol. The van der Waals surface area contributed by atoms with E-state index in [4.69, 9.17) is 4.74 Å². The molecule has 1 aliphatic heterocycles. The van der Waals surface area contributed by atoms with E-state index in [2.05, 4.69) is 5.32 Å². The molecule has 12 heteroatoms. The van der Waals surface area contributed by atoms with Crippen molar-refractivity contribution >= 4 is 32.5 Å². The van der Waals surface area contributed by atoms with Gasteiger partial charge >= 0.3 is 0 Å². The molecule has 4 aromatic rings. The van der Waals surface area contributed by atoms with Gasteiger partial charge in [0.05, 0.1) is 30.6 Å². The van der Waals surface area contributed by atoms with E-state index in [-0.39, 0.29) is 47.9 Å². The second-order valence-electron chi connectivity index (χ2n) is 10.1. The summed E-state index contributed by atoms with van der Waals surface area (Å²) < 4.78 is 31.6. The molecule has 1 fully saturated rings. The molecule has 218 valence electrons. The van der Waals surface area contributed by atoms with Crippen molar-refractivity contribution < 1.29 is 43.2 Å². The van der Waals surface area contributed by atoms with Gasteiger partial charge in [0, 0.05) is 18.7 Å². The Morgan fingerprint density at radius 2 is 1.55 bits per heavy atom. The number of phenolic OH excluding ortho intramolecular Hbond substituents is 4. The number of benzene rings is 4. The van der Waals surface area contributed by atoms with Gasteiger partial charge in [0.1, 0.15) is 28.6 Å². The summed E-state index contributed by atoms with van der Waals surface area (Å²) in [6.45, 7) is -0.275. The second-order valence-corrected chi connectivity index (χ2v) is 12.1. The maximum Gasteiger partial charge on any atom is 0.251 e. The molecule has 2 unspecified atom stereocenters. The molecule has 0 bridgehead atoms. The van der Waals surface area contributed by atoms with Gasteiger partial charge in [-0.05, 0) is 58.8 Å². The van der Waals surface area contributed by atoms with Crippen LogP contribution in [0, 0.1) is 0 Å². The maximum atomic E-state index is 13.4. The first-order chi connectivity index (χ1) is 19.9. The Morgan fingerprint density at radius 3 is 2.21 bits per heavy atom. The quantitative estimate of drug-likeness (QED) is 0.193. The molecule has 0 spiro atoms. The fraction of sp³-hybridized carbons (Fsp3) is 0.200. The molecular formula is C30H28N2O9S. The number of aromatic hydroxyl groups is 4. The molecule has 0 aromatic heterocycles. The lowest BCUT2D eigenvalue weighted by Crippen LogP contribution is -2.44. The summed E-state index contributed by atoms with van der Waals surface area (Å²) in [6.07, 6.45) is 0.271. The zero-order valence-electron chi connectivity index (χ0n) is 22.4. The number of sulfonamides is 1. The van der Waals surface area contributed by atoms with E-state index in [0.717, 1.165) is 6.26 Å². The molecule has 0 aliphatic carbocycles. The number of nitrogens with one attached hydrogen (secondary N) is 1. The standard InChI is InChI=1S/C30H28N2O9S/c1-42(39,40)32-14-22(31-30(38)19-6-9-20(33)10-7-19)26(15-32)41-16-17-12-24(35)28(25(36)13-17)29(37)27-21-5-3-2-4-18(21)8-11-23(27)34/h2-13,22,26,33-36H,14-16H2,1H3,(H,31,38). The van der Waals surface area contributed by atoms with Crippen LogP contribution in [0.5, 0.6) is 23.0 Å². The molecule has 5 rings (SSSR count). The van der Waals surface area contributed by atoms with Gasteiger partial charge in [-0.2, -0.15) is 4.31 Å². The normalized spacial score (nSPS) is 17.4. The smallest absolute Gasteiger partial charge is 0.251 e. The fourth-order valence-electron chi connectivity index (χ4n) is 4.99. The summed E-state index contributed by atoms with van der Waals surface area (Å²) in [5.41, 5.74) is 0.0806. The van der Waals surface area contributed by atoms with Crippen LogP contribution in [0.2, 0.25) is 0 Å². The molecule has 4 aromatic carbocycles. The third-order valence-corrected chi connectivity index (χ3v) is 8.37. The highest BCUT2D eigenvalue weighted by molar-refractivity contribution is 7.88. The number of amides is 1. The third-order valence-electron chi connectivity index (χ3n) is 7.13. The number of carbonyl (C=O) groups is 2. The number of carbonyl (C=O) groups excluding carboxylic acids is 2. The number of hydrogen-bond donors (Lipinski definition) is 5. The van der Waals surface area contributed by atoms with Crippen LogP contribution in [-0.2, 0) is 21.4 Å². The van der Waals surface area contributed by atoms with Crippen molar-refractivity contribution in [1.29, 1.82) is 0 Å². The minimum Gasteiger partial charge on any atom is -0.508 e. The van der Waals surface area contributed by atoms with Gasteiger partial charge < -0.3 is 30.5 Å². The van der Waals surface area contributed by atoms with Gasteiger partial charge in [0.15, 0.2) is 0 Å². The van der Waals surface area contributed by atoms with Crippen molar-refractivity contribution in [2.24, 2.45) is 0 Å². The van der Waals surface area contributed by atoms with E-state index in [0.29, 0.717) is 10.8 Å². The van der Waals surface area contributed by atoms with E-state index < -0.39 is 50.9 Å². The zero-order chi connectivity index (χ0) is 30.2. The first-order valence-corrected chi connectivity index (χ1v) is 14.7. The highest BCUT2D eigenvalue weighted by Gasteiger charge is 2.39. The van der Waals surface area contributed by atoms with E-state index in [1.54, 1.807) is 30.3 Å². The molecule has 11 nitrogen and oxygen atoms in total. The summed E-state index contributed by atoms with van der Waals surface area (Å²) in [4.78, 5) is 26.2. The lowest BCUT2D eigenvalue weighted by molar-refractivity contribution is 0.0337. The molecule has 1 aliphatic rings. The largest absolute Gasteiger partial charge is 0.508 e.